The summed E-state index contributed by atoms with van der Waals surface area (Å²) in [5, 5.41) is 22.8. The molecule has 32 heavy (non-hydrogen) atoms. The molecule has 6 N–H and O–H groups in total. The predicted molar refractivity (Wildman–Crippen MR) is 124 cm³/mol. The lowest BCUT2D eigenvalue weighted by atomic mass is 10.2. The van der Waals surface area contributed by atoms with Gasteiger partial charge in [-0.1, -0.05) is 24.3 Å². The number of nitrogens with one attached hydrogen (secondary N) is 3. The number of hydrogen-bond donors (Lipinski definition) is 5. The number of anilines is 1. The Labute approximate surface area is 187 Å². The molecule has 1 aliphatic heterocycles. The fourth-order valence-electron chi connectivity index (χ4n) is 3.88. The number of hydrogen-bond acceptors (Lipinski definition) is 6. The third-order valence-corrected chi connectivity index (χ3v) is 5.43. The van der Waals surface area contributed by atoms with Gasteiger partial charge in [0.25, 0.3) is 0 Å². The fraction of sp³-hybridized carbons (Fsp3) is 0.391. The average molecular weight is 439 g/mol. The van der Waals surface area contributed by atoms with Crippen LogP contribution in [0.1, 0.15) is 31.1 Å². The van der Waals surface area contributed by atoms with Crippen molar-refractivity contribution in [1.82, 2.24) is 14.9 Å². The van der Waals surface area contributed by atoms with Gasteiger partial charge in [-0.15, -0.1) is 0 Å². The first kappa shape index (κ1) is 21.9. The molecule has 4 rings (SSSR count). The lowest BCUT2D eigenvalue weighted by Gasteiger charge is -2.18. The van der Waals surface area contributed by atoms with Crippen molar-refractivity contribution < 1.29 is 14.6 Å². The van der Waals surface area contributed by atoms with Gasteiger partial charge in [0.15, 0.2) is 5.96 Å². The monoisotopic (exact) mass is 438 g/mol. The molecule has 2 heterocycles. The Bertz CT molecular complexity index is 1050. The largest absolute Gasteiger partial charge is 0.494 e. The van der Waals surface area contributed by atoms with Crippen LogP contribution in [-0.4, -0.2) is 46.5 Å². The molecule has 0 spiro atoms. The highest BCUT2D eigenvalue weighted by Gasteiger charge is 2.29. The lowest BCUT2D eigenvalue weighted by Crippen LogP contribution is -2.31. The summed E-state index contributed by atoms with van der Waals surface area (Å²) in [4.78, 5) is 4.77. The summed E-state index contributed by atoms with van der Waals surface area (Å²) in [6.45, 7) is 1.76. The zero-order chi connectivity index (χ0) is 22.3. The van der Waals surface area contributed by atoms with Crippen LogP contribution in [0.5, 0.6) is 5.75 Å². The number of imidazole rings is 1. The van der Waals surface area contributed by atoms with Crippen molar-refractivity contribution in [2.45, 2.75) is 38.1 Å². The Balaban J connectivity index is 1.42. The van der Waals surface area contributed by atoms with E-state index in [1.807, 2.05) is 48.5 Å². The van der Waals surface area contributed by atoms with Crippen molar-refractivity contribution in [2.24, 2.45) is 5.73 Å². The van der Waals surface area contributed by atoms with Gasteiger partial charge in [-0.3, -0.25) is 9.98 Å². The van der Waals surface area contributed by atoms with Gasteiger partial charge in [0.1, 0.15) is 12.0 Å². The van der Waals surface area contributed by atoms with Gasteiger partial charge in [0.05, 0.1) is 30.4 Å². The van der Waals surface area contributed by atoms with Crippen molar-refractivity contribution in [3.63, 3.8) is 0 Å². The maximum absolute atomic E-state index is 9.46. The van der Waals surface area contributed by atoms with Gasteiger partial charge in [0, 0.05) is 13.1 Å². The quantitative estimate of drug-likeness (QED) is 0.187. The number of rotatable bonds is 10. The molecule has 2 atom stereocenters. The number of benzene rings is 2. The van der Waals surface area contributed by atoms with E-state index in [0.29, 0.717) is 19.7 Å². The maximum atomic E-state index is 9.46. The van der Waals surface area contributed by atoms with Crippen LogP contribution in [0.25, 0.3) is 11.0 Å². The smallest absolute Gasteiger partial charge is 0.206 e. The molecule has 0 saturated carbocycles. The van der Waals surface area contributed by atoms with Crippen molar-refractivity contribution in [3.8, 4) is 5.75 Å². The number of aromatic nitrogens is 2. The van der Waals surface area contributed by atoms with Crippen molar-refractivity contribution >= 4 is 22.9 Å². The summed E-state index contributed by atoms with van der Waals surface area (Å²) in [5.41, 5.74) is 8.26. The minimum Gasteiger partial charge on any atom is -0.494 e. The van der Waals surface area contributed by atoms with Gasteiger partial charge >= 0.3 is 0 Å². The van der Waals surface area contributed by atoms with Gasteiger partial charge < -0.3 is 30.9 Å². The number of fused-ring (bicyclic) bond motifs is 1. The molecule has 1 fully saturated rings. The number of ether oxygens (including phenoxy) is 2. The van der Waals surface area contributed by atoms with Crippen LogP contribution in [-0.2, 0) is 11.3 Å². The van der Waals surface area contributed by atoms with E-state index >= 15 is 0 Å². The Kier molecular flexibility index (Phi) is 7.08. The summed E-state index contributed by atoms with van der Waals surface area (Å²) in [6, 6.07) is 15.9. The van der Waals surface area contributed by atoms with E-state index in [9.17, 15) is 5.11 Å². The van der Waals surface area contributed by atoms with Gasteiger partial charge in [-0.25, -0.2) is 4.98 Å². The predicted octanol–water partition coefficient (Wildman–Crippen LogP) is 2.57. The molecule has 0 unspecified atom stereocenters. The summed E-state index contributed by atoms with van der Waals surface area (Å²) in [7, 11) is 0. The molecule has 1 saturated heterocycles. The van der Waals surface area contributed by atoms with Gasteiger partial charge in [-0.05, 0) is 49.1 Å². The first-order valence-corrected chi connectivity index (χ1v) is 10.9. The van der Waals surface area contributed by atoms with Crippen LogP contribution in [0, 0.1) is 5.41 Å². The third kappa shape index (κ3) is 5.30. The fourth-order valence-corrected chi connectivity index (χ4v) is 3.88. The number of guanidine groups is 1. The average Bonchev–Trinajstić information content (AvgIpc) is 3.41. The molecular weight excluding hydrogens is 408 g/mol. The van der Waals surface area contributed by atoms with Crippen LogP contribution in [0.3, 0.4) is 0 Å². The Morgan fingerprint density at radius 1 is 1.25 bits per heavy atom. The first-order valence-electron chi connectivity index (χ1n) is 10.9. The van der Waals surface area contributed by atoms with Crippen molar-refractivity contribution in [3.05, 3.63) is 54.1 Å². The van der Waals surface area contributed by atoms with Crippen molar-refractivity contribution in [2.75, 3.05) is 25.1 Å². The second kappa shape index (κ2) is 10.3. The lowest BCUT2D eigenvalue weighted by molar-refractivity contribution is -0.0195. The SMILES string of the molecule is N=C(N)NCCCOc1cccc(CNc2nc3ccccc3n2[C@H]2CC[C@@H](CO)O2)c1. The summed E-state index contributed by atoms with van der Waals surface area (Å²) in [6.07, 6.45) is 2.13. The molecular formula is C23H30N6O3. The molecule has 170 valence electrons. The molecule has 9 nitrogen and oxygen atoms in total. The van der Waals surface area contributed by atoms with E-state index in [2.05, 4.69) is 15.2 Å². The van der Waals surface area contributed by atoms with Crippen LogP contribution >= 0.6 is 0 Å². The minimum absolute atomic E-state index is 0.0287. The number of para-hydroxylation sites is 2. The van der Waals surface area contributed by atoms with E-state index in [-0.39, 0.29) is 24.9 Å². The normalized spacial score (nSPS) is 18.0. The van der Waals surface area contributed by atoms with Crippen LogP contribution < -0.4 is 21.1 Å². The van der Waals surface area contributed by atoms with E-state index in [0.717, 1.165) is 47.6 Å². The number of nitrogens with zero attached hydrogens (tertiary/aromatic N) is 2. The molecule has 0 bridgehead atoms. The summed E-state index contributed by atoms with van der Waals surface area (Å²) in [5.74, 6) is 1.51. The highest BCUT2D eigenvalue weighted by atomic mass is 16.5. The van der Waals surface area contributed by atoms with E-state index in [4.69, 9.17) is 25.6 Å². The molecule has 0 aliphatic carbocycles. The Morgan fingerprint density at radius 2 is 2.12 bits per heavy atom. The van der Waals surface area contributed by atoms with Gasteiger partial charge in [0.2, 0.25) is 5.95 Å². The molecule has 1 aliphatic rings. The van der Waals surface area contributed by atoms with E-state index in [1.54, 1.807) is 0 Å². The standard InChI is InChI=1S/C23H30N6O3/c24-22(25)26-11-4-12-31-17-6-3-5-16(13-17)14-27-23-28-19-7-1-2-8-20(19)29(23)21-10-9-18(15-30)32-21/h1-3,5-8,13,18,21,30H,4,9-12,14-15H2,(H,27,28)(H4,24,25,26)/t18-,21+/m0/s1. The molecule has 9 heteroatoms. The summed E-state index contributed by atoms with van der Waals surface area (Å²) < 4.78 is 13.9. The number of aliphatic hydroxyl groups is 1. The third-order valence-electron chi connectivity index (χ3n) is 5.43. The second-order valence-electron chi connectivity index (χ2n) is 7.81. The minimum atomic E-state index is -0.152. The highest BCUT2D eigenvalue weighted by Crippen LogP contribution is 2.34. The van der Waals surface area contributed by atoms with Crippen molar-refractivity contribution in [1.29, 1.82) is 5.41 Å². The molecule has 2 aromatic carbocycles. The van der Waals surface area contributed by atoms with Crippen LogP contribution in [0.2, 0.25) is 0 Å². The second-order valence-corrected chi connectivity index (χ2v) is 7.81. The molecule has 0 amide bonds. The number of nitrogens with two attached hydrogens (primary N) is 1. The Hall–Kier alpha value is -3.30. The molecule has 1 aromatic heterocycles. The zero-order valence-electron chi connectivity index (χ0n) is 18.0. The topological polar surface area (TPSA) is 130 Å². The highest BCUT2D eigenvalue weighted by molar-refractivity contribution is 5.78. The maximum Gasteiger partial charge on any atom is 0.206 e. The van der Waals surface area contributed by atoms with Crippen LogP contribution in [0.15, 0.2) is 48.5 Å². The van der Waals surface area contributed by atoms with E-state index in [1.165, 1.54) is 0 Å². The molecule has 0 radical (unpaired) electrons. The molecule has 3 aromatic rings. The number of aliphatic hydroxyl groups excluding tert-OH is 1. The summed E-state index contributed by atoms with van der Waals surface area (Å²) >= 11 is 0. The first-order chi connectivity index (χ1) is 15.6. The van der Waals surface area contributed by atoms with Crippen LogP contribution in [0.4, 0.5) is 5.95 Å². The Morgan fingerprint density at radius 3 is 2.94 bits per heavy atom. The van der Waals surface area contributed by atoms with Gasteiger partial charge in [-0.2, -0.15) is 0 Å². The zero-order valence-corrected chi connectivity index (χ0v) is 18.0. The van der Waals surface area contributed by atoms with E-state index < -0.39 is 0 Å².